The van der Waals surface area contributed by atoms with Gasteiger partial charge >= 0.3 is 5.97 Å². The number of aryl methyl sites for hydroxylation is 1. The highest BCUT2D eigenvalue weighted by molar-refractivity contribution is 5.68. The Balaban J connectivity index is 1.76. The van der Waals surface area contributed by atoms with Crippen molar-refractivity contribution in [3.63, 3.8) is 0 Å². The van der Waals surface area contributed by atoms with Crippen LogP contribution in [0.5, 0.6) is 11.5 Å². The van der Waals surface area contributed by atoms with E-state index in [2.05, 4.69) is 15.5 Å². The zero-order valence-corrected chi connectivity index (χ0v) is 11.6. The SMILES string of the molecule is COc1ccc(OCCCn2nnnc2CC(=O)O)cc1. The minimum atomic E-state index is -0.958. The highest BCUT2D eigenvalue weighted by Crippen LogP contribution is 2.17. The van der Waals surface area contributed by atoms with Crippen LogP contribution in [-0.2, 0) is 17.8 Å². The lowest BCUT2D eigenvalue weighted by Crippen LogP contribution is -2.12. The number of hydrogen-bond acceptors (Lipinski definition) is 6. The van der Waals surface area contributed by atoms with Crippen molar-refractivity contribution in [2.45, 2.75) is 19.4 Å². The van der Waals surface area contributed by atoms with Crippen molar-refractivity contribution >= 4 is 5.97 Å². The van der Waals surface area contributed by atoms with Crippen molar-refractivity contribution in [1.82, 2.24) is 20.2 Å². The van der Waals surface area contributed by atoms with Gasteiger partial charge in [-0.15, -0.1) is 5.10 Å². The molecule has 0 bridgehead atoms. The molecule has 1 aromatic carbocycles. The second-order valence-electron chi connectivity index (χ2n) is 4.27. The van der Waals surface area contributed by atoms with Crippen molar-refractivity contribution in [3.8, 4) is 11.5 Å². The van der Waals surface area contributed by atoms with Gasteiger partial charge in [0.15, 0.2) is 5.82 Å². The smallest absolute Gasteiger partial charge is 0.311 e. The van der Waals surface area contributed by atoms with Gasteiger partial charge in [-0.3, -0.25) is 4.79 Å². The Morgan fingerprint density at radius 3 is 2.67 bits per heavy atom. The molecule has 112 valence electrons. The summed E-state index contributed by atoms with van der Waals surface area (Å²) in [4.78, 5) is 10.6. The Kier molecular flexibility index (Phi) is 5.08. The Bertz CT molecular complexity index is 582. The van der Waals surface area contributed by atoms with Gasteiger partial charge in [0.05, 0.1) is 13.7 Å². The molecular formula is C13H16N4O4. The molecule has 0 unspecified atom stereocenters. The van der Waals surface area contributed by atoms with Crippen LogP contribution in [0.2, 0.25) is 0 Å². The second-order valence-corrected chi connectivity index (χ2v) is 4.27. The monoisotopic (exact) mass is 292 g/mol. The van der Waals surface area contributed by atoms with E-state index in [1.807, 2.05) is 24.3 Å². The van der Waals surface area contributed by atoms with Gasteiger partial charge in [0.1, 0.15) is 17.9 Å². The molecule has 0 fully saturated rings. The average molecular weight is 292 g/mol. The molecule has 0 aliphatic heterocycles. The number of aliphatic carboxylic acids is 1. The number of benzene rings is 1. The number of carboxylic acids is 1. The molecule has 0 saturated carbocycles. The van der Waals surface area contributed by atoms with Crippen molar-refractivity contribution < 1.29 is 19.4 Å². The zero-order chi connectivity index (χ0) is 15.1. The Morgan fingerprint density at radius 1 is 1.29 bits per heavy atom. The van der Waals surface area contributed by atoms with Gasteiger partial charge in [-0.25, -0.2) is 4.68 Å². The molecular weight excluding hydrogens is 276 g/mol. The lowest BCUT2D eigenvalue weighted by atomic mass is 10.3. The maximum atomic E-state index is 10.6. The van der Waals surface area contributed by atoms with Crippen LogP contribution >= 0.6 is 0 Å². The summed E-state index contributed by atoms with van der Waals surface area (Å²) in [5.41, 5.74) is 0. The fraction of sp³-hybridized carbons (Fsp3) is 0.385. The molecule has 0 spiro atoms. The molecule has 8 heteroatoms. The van der Waals surface area contributed by atoms with Gasteiger partial charge in [-0.05, 0) is 34.7 Å². The molecule has 0 aliphatic rings. The van der Waals surface area contributed by atoms with E-state index >= 15 is 0 Å². The maximum absolute atomic E-state index is 10.6. The number of methoxy groups -OCH3 is 1. The first-order valence-corrected chi connectivity index (χ1v) is 6.42. The lowest BCUT2D eigenvalue weighted by Gasteiger charge is -2.07. The normalized spacial score (nSPS) is 10.3. The van der Waals surface area contributed by atoms with Gasteiger partial charge in [-0.2, -0.15) is 0 Å². The fourth-order valence-corrected chi connectivity index (χ4v) is 1.74. The summed E-state index contributed by atoms with van der Waals surface area (Å²) >= 11 is 0. The molecule has 0 saturated heterocycles. The topological polar surface area (TPSA) is 99.4 Å². The number of carboxylic acid groups (broad SMARTS) is 1. The summed E-state index contributed by atoms with van der Waals surface area (Å²) in [6, 6.07) is 7.29. The number of ether oxygens (including phenoxy) is 2. The summed E-state index contributed by atoms with van der Waals surface area (Å²) in [6.45, 7) is 0.991. The predicted molar refractivity (Wildman–Crippen MR) is 72.3 cm³/mol. The minimum Gasteiger partial charge on any atom is -0.497 e. The molecule has 1 aromatic heterocycles. The lowest BCUT2D eigenvalue weighted by molar-refractivity contribution is -0.136. The Labute approximate surface area is 121 Å². The molecule has 8 nitrogen and oxygen atoms in total. The molecule has 2 aromatic rings. The van der Waals surface area contributed by atoms with E-state index in [1.165, 1.54) is 4.68 Å². The molecule has 0 radical (unpaired) electrons. The summed E-state index contributed by atoms with van der Waals surface area (Å²) < 4.78 is 12.1. The molecule has 21 heavy (non-hydrogen) atoms. The van der Waals surface area contributed by atoms with Gasteiger partial charge in [0.25, 0.3) is 0 Å². The number of carbonyl (C=O) groups is 1. The summed E-state index contributed by atoms with van der Waals surface area (Å²) in [5.74, 6) is 0.903. The minimum absolute atomic E-state index is 0.188. The standard InChI is InChI=1S/C13H16N4O4/c1-20-10-3-5-11(6-4-10)21-8-2-7-17-12(9-13(18)19)14-15-16-17/h3-6H,2,7-9H2,1H3,(H,18,19). The third-order valence-corrected chi connectivity index (χ3v) is 2.76. The van der Waals surface area contributed by atoms with Crippen molar-refractivity contribution in [2.24, 2.45) is 0 Å². The molecule has 1 heterocycles. The number of hydrogen-bond donors (Lipinski definition) is 1. The van der Waals surface area contributed by atoms with Crippen molar-refractivity contribution in [2.75, 3.05) is 13.7 Å². The van der Waals surface area contributed by atoms with E-state index in [4.69, 9.17) is 14.6 Å². The van der Waals surface area contributed by atoms with Crippen LogP contribution in [0.25, 0.3) is 0 Å². The fourth-order valence-electron chi connectivity index (χ4n) is 1.74. The summed E-state index contributed by atoms with van der Waals surface area (Å²) in [7, 11) is 1.61. The van der Waals surface area contributed by atoms with Gasteiger partial charge in [-0.1, -0.05) is 0 Å². The number of nitrogens with zero attached hydrogens (tertiary/aromatic N) is 4. The van der Waals surface area contributed by atoms with Gasteiger partial charge in [0, 0.05) is 13.0 Å². The average Bonchev–Trinajstić information content (AvgIpc) is 2.91. The number of tetrazole rings is 1. The number of rotatable bonds is 8. The summed E-state index contributed by atoms with van der Waals surface area (Å²) in [6.07, 6.45) is 0.482. The second kappa shape index (κ2) is 7.22. The van der Waals surface area contributed by atoms with Crippen LogP contribution in [0, 0.1) is 0 Å². The highest BCUT2D eigenvalue weighted by atomic mass is 16.5. The van der Waals surface area contributed by atoms with E-state index < -0.39 is 5.97 Å². The molecule has 1 N–H and O–H groups in total. The van der Waals surface area contributed by atoms with E-state index in [-0.39, 0.29) is 6.42 Å². The number of aromatic nitrogens is 4. The highest BCUT2D eigenvalue weighted by Gasteiger charge is 2.09. The van der Waals surface area contributed by atoms with Crippen LogP contribution in [-0.4, -0.2) is 45.0 Å². The predicted octanol–water partition coefficient (Wildman–Crippen LogP) is 0.778. The van der Waals surface area contributed by atoms with E-state index in [9.17, 15) is 4.79 Å². The molecule has 0 atom stereocenters. The van der Waals surface area contributed by atoms with Crippen LogP contribution in [0.3, 0.4) is 0 Å². The van der Waals surface area contributed by atoms with E-state index in [0.29, 0.717) is 25.4 Å². The van der Waals surface area contributed by atoms with Crippen LogP contribution in [0.1, 0.15) is 12.2 Å². The van der Waals surface area contributed by atoms with E-state index in [1.54, 1.807) is 7.11 Å². The maximum Gasteiger partial charge on any atom is 0.311 e. The van der Waals surface area contributed by atoms with Crippen molar-refractivity contribution in [1.29, 1.82) is 0 Å². The van der Waals surface area contributed by atoms with Crippen LogP contribution in [0.4, 0.5) is 0 Å². The van der Waals surface area contributed by atoms with Crippen LogP contribution < -0.4 is 9.47 Å². The third-order valence-electron chi connectivity index (χ3n) is 2.76. The Morgan fingerprint density at radius 2 is 2.00 bits per heavy atom. The van der Waals surface area contributed by atoms with Gasteiger partial charge < -0.3 is 14.6 Å². The molecule has 0 aliphatic carbocycles. The first kappa shape index (κ1) is 14.8. The summed E-state index contributed by atoms with van der Waals surface area (Å²) in [5, 5.41) is 19.6. The largest absolute Gasteiger partial charge is 0.497 e. The van der Waals surface area contributed by atoms with Crippen molar-refractivity contribution in [3.05, 3.63) is 30.1 Å². The first-order valence-electron chi connectivity index (χ1n) is 6.42. The Hall–Kier alpha value is -2.64. The zero-order valence-electron chi connectivity index (χ0n) is 11.6. The van der Waals surface area contributed by atoms with E-state index in [0.717, 1.165) is 11.5 Å². The van der Waals surface area contributed by atoms with Gasteiger partial charge in [0.2, 0.25) is 0 Å². The molecule has 0 amide bonds. The molecule has 2 rings (SSSR count). The van der Waals surface area contributed by atoms with Crippen LogP contribution in [0.15, 0.2) is 24.3 Å². The first-order chi connectivity index (χ1) is 10.2. The third kappa shape index (κ3) is 4.44. The quantitative estimate of drug-likeness (QED) is 0.717.